The van der Waals surface area contributed by atoms with Gasteiger partial charge in [0.25, 0.3) is 0 Å². The normalized spacial score (nSPS) is 12.8. The molecule has 0 bridgehead atoms. The molecule has 0 saturated heterocycles. The quantitative estimate of drug-likeness (QED) is 0.321. The second-order valence-corrected chi connectivity index (χ2v) is 10.3. The van der Waals surface area contributed by atoms with Gasteiger partial charge < -0.3 is 10.2 Å². The third-order valence-electron chi connectivity index (χ3n) is 5.28. The molecule has 4 nitrogen and oxygen atoms in total. The number of benzene rings is 2. The number of halogens is 4. The van der Waals surface area contributed by atoms with E-state index in [1.54, 1.807) is 35.2 Å². The minimum atomic E-state index is -0.640. The van der Waals surface area contributed by atoms with Crippen molar-refractivity contribution in [2.24, 2.45) is 0 Å². The van der Waals surface area contributed by atoms with Crippen LogP contribution < -0.4 is 5.32 Å². The van der Waals surface area contributed by atoms with Crippen molar-refractivity contribution in [3.63, 3.8) is 0 Å². The number of amides is 2. The molecule has 33 heavy (non-hydrogen) atoms. The lowest BCUT2D eigenvalue weighted by molar-refractivity contribution is -0.139. The predicted molar refractivity (Wildman–Crippen MR) is 142 cm³/mol. The minimum Gasteiger partial charge on any atom is -0.352 e. The van der Waals surface area contributed by atoms with Crippen molar-refractivity contribution in [3.05, 3.63) is 67.6 Å². The summed E-state index contributed by atoms with van der Waals surface area (Å²) in [7, 11) is 0. The summed E-state index contributed by atoms with van der Waals surface area (Å²) in [5.74, 6) is 0.355. The smallest absolute Gasteiger partial charge is 0.243 e. The van der Waals surface area contributed by atoms with E-state index in [1.165, 1.54) is 11.8 Å². The van der Waals surface area contributed by atoms with E-state index in [9.17, 15) is 9.59 Å². The van der Waals surface area contributed by atoms with Gasteiger partial charge in [-0.1, -0.05) is 72.4 Å². The fourth-order valence-corrected chi connectivity index (χ4v) is 5.17. The molecule has 1 N–H and O–H groups in total. The first-order valence-electron chi connectivity index (χ1n) is 10.7. The van der Waals surface area contributed by atoms with E-state index >= 15 is 0 Å². The number of nitrogens with one attached hydrogen (secondary N) is 1. The van der Waals surface area contributed by atoms with Crippen LogP contribution >= 0.6 is 58.2 Å². The van der Waals surface area contributed by atoms with Crippen LogP contribution in [0.4, 0.5) is 0 Å². The van der Waals surface area contributed by atoms with E-state index in [1.807, 2.05) is 26.8 Å². The van der Waals surface area contributed by atoms with Crippen molar-refractivity contribution in [1.29, 1.82) is 0 Å². The second kappa shape index (κ2) is 13.7. The number of hydrogen-bond donors (Lipinski definition) is 1. The summed E-state index contributed by atoms with van der Waals surface area (Å²) in [4.78, 5) is 27.9. The molecule has 0 saturated carbocycles. The van der Waals surface area contributed by atoms with E-state index in [2.05, 4.69) is 5.32 Å². The van der Waals surface area contributed by atoms with Gasteiger partial charge in [0.1, 0.15) is 6.04 Å². The first kappa shape index (κ1) is 28.1. The standard InChI is InChI=1S/C24H28Cl4N2O2S/c1-4-15(3)29-24(32)22(5-2)30(12-18-19(26)7-6-8-20(18)27)23(31)14-33-13-16-9-10-17(25)11-21(16)28/h6-11,15,22H,4-5,12-14H2,1-3H3,(H,29,32)/t15-,22+/m1/s1. The number of hydrogen-bond acceptors (Lipinski definition) is 3. The SMILES string of the molecule is CC[C@@H](C)NC(=O)[C@H](CC)N(Cc1c(Cl)cccc1Cl)C(=O)CSCc1ccc(Cl)cc1Cl. The van der Waals surface area contributed by atoms with E-state index in [0.717, 1.165) is 12.0 Å². The van der Waals surface area contributed by atoms with Crippen molar-refractivity contribution in [1.82, 2.24) is 10.2 Å². The predicted octanol–water partition coefficient (Wildman–Crippen LogP) is 7.26. The summed E-state index contributed by atoms with van der Waals surface area (Å²) >= 11 is 26.4. The Balaban J connectivity index is 2.22. The lowest BCUT2D eigenvalue weighted by Crippen LogP contribution is -2.51. The Morgan fingerprint density at radius 2 is 1.67 bits per heavy atom. The van der Waals surface area contributed by atoms with Gasteiger partial charge in [-0.3, -0.25) is 9.59 Å². The summed E-state index contributed by atoms with van der Waals surface area (Å²) < 4.78 is 0. The zero-order chi connectivity index (χ0) is 24.5. The molecule has 9 heteroatoms. The van der Waals surface area contributed by atoms with Gasteiger partial charge in [-0.15, -0.1) is 11.8 Å². The second-order valence-electron chi connectivity index (χ2n) is 7.69. The minimum absolute atomic E-state index is 0.00817. The molecule has 0 aromatic heterocycles. The van der Waals surface area contributed by atoms with Crippen molar-refractivity contribution >= 4 is 70.0 Å². The summed E-state index contributed by atoms with van der Waals surface area (Å²) in [5, 5.41) is 5.02. The maximum absolute atomic E-state index is 13.3. The molecule has 0 unspecified atom stereocenters. The highest BCUT2D eigenvalue weighted by Crippen LogP contribution is 2.28. The Hall–Kier alpha value is -1.11. The lowest BCUT2D eigenvalue weighted by Gasteiger charge is -2.32. The maximum atomic E-state index is 13.3. The van der Waals surface area contributed by atoms with Crippen LogP contribution in [0, 0.1) is 0 Å². The molecule has 180 valence electrons. The average Bonchev–Trinajstić information content (AvgIpc) is 2.76. The molecule has 2 atom stereocenters. The molecule has 0 heterocycles. The molecule has 0 aliphatic carbocycles. The van der Waals surface area contributed by atoms with Gasteiger partial charge in [-0.2, -0.15) is 0 Å². The molecule has 0 aliphatic heterocycles. The van der Waals surface area contributed by atoms with Gasteiger partial charge in [-0.05, 0) is 49.6 Å². The molecule has 0 fully saturated rings. The van der Waals surface area contributed by atoms with E-state index < -0.39 is 6.04 Å². The highest BCUT2D eigenvalue weighted by atomic mass is 35.5. The highest BCUT2D eigenvalue weighted by Gasteiger charge is 2.30. The molecule has 2 rings (SSSR count). The number of carbonyl (C=O) groups is 2. The molecule has 0 radical (unpaired) electrons. The summed E-state index contributed by atoms with van der Waals surface area (Å²) in [5.41, 5.74) is 1.51. The van der Waals surface area contributed by atoms with Gasteiger partial charge in [0.2, 0.25) is 11.8 Å². The summed E-state index contributed by atoms with van der Waals surface area (Å²) in [6.07, 6.45) is 1.26. The monoisotopic (exact) mass is 548 g/mol. The summed E-state index contributed by atoms with van der Waals surface area (Å²) in [6, 6.07) is 9.86. The first-order valence-corrected chi connectivity index (χ1v) is 13.4. The van der Waals surface area contributed by atoms with Gasteiger partial charge in [0, 0.05) is 44.0 Å². The molecular weight excluding hydrogens is 522 g/mol. The van der Waals surface area contributed by atoms with Crippen molar-refractivity contribution in [3.8, 4) is 0 Å². The lowest BCUT2D eigenvalue weighted by atomic mass is 10.1. The van der Waals surface area contributed by atoms with E-state index in [-0.39, 0.29) is 30.2 Å². The molecule has 2 aromatic carbocycles. The van der Waals surface area contributed by atoms with E-state index in [0.29, 0.717) is 37.8 Å². The molecular formula is C24H28Cl4N2O2S. The molecule has 2 aromatic rings. The number of carbonyl (C=O) groups excluding carboxylic acids is 2. The molecule has 2 amide bonds. The topological polar surface area (TPSA) is 49.4 Å². The number of nitrogens with zero attached hydrogens (tertiary/aromatic N) is 1. The fraction of sp³-hybridized carbons (Fsp3) is 0.417. The third-order valence-corrected chi connectivity index (χ3v) is 7.54. The first-order chi connectivity index (χ1) is 15.7. The van der Waals surface area contributed by atoms with Crippen molar-refractivity contribution in [2.45, 2.75) is 58.0 Å². The Morgan fingerprint density at radius 1 is 1.00 bits per heavy atom. The Morgan fingerprint density at radius 3 is 2.24 bits per heavy atom. The van der Waals surface area contributed by atoms with Crippen LogP contribution in [0.25, 0.3) is 0 Å². The Labute approximate surface area is 220 Å². The van der Waals surface area contributed by atoms with Crippen LogP contribution in [-0.4, -0.2) is 34.6 Å². The van der Waals surface area contributed by atoms with Crippen LogP contribution in [0.1, 0.15) is 44.7 Å². The van der Waals surface area contributed by atoms with Crippen molar-refractivity contribution < 1.29 is 9.59 Å². The molecule has 0 aliphatic rings. The Kier molecular flexibility index (Phi) is 11.7. The summed E-state index contributed by atoms with van der Waals surface area (Å²) in [6.45, 7) is 5.96. The van der Waals surface area contributed by atoms with Crippen LogP contribution in [0.2, 0.25) is 20.1 Å². The van der Waals surface area contributed by atoms with Gasteiger partial charge in [0.05, 0.1) is 5.75 Å². The largest absolute Gasteiger partial charge is 0.352 e. The maximum Gasteiger partial charge on any atom is 0.243 e. The third kappa shape index (κ3) is 8.25. The zero-order valence-electron chi connectivity index (χ0n) is 18.8. The fourth-order valence-electron chi connectivity index (χ4n) is 3.18. The van der Waals surface area contributed by atoms with Crippen molar-refractivity contribution in [2.75, 3.05) is 5.75 Å². The number of thioether (sulfide) groups is 1. The zero-order valence-corrected chi connectivity index (χ0v) is 22.7. The highest BCUT2D eigenvalue weighted by molar-refractivity contribution is 7.99. The van der Waals surface area contributed by atoms with Crippen LogP contribution in [-0.2, 0) is 21.9 Å². The van der Waals surface area contributed by atoms with E-state index in [4.69, 9.17) is 46.4 Å². The average molecular weight is 550 g/mol. The van der Waals surface area contributed by atoms with Gasteiger partial charge in [0.15, 0.2) is 0 Å². The van der Waals surface area contributed by atoms with Gasteiger partial charge in [-0.25, -0.2) is 0 Å². The Bertz CT molecular complexity index is 953. The van der Waals surface area contributed by atoms with Gasteiger partial charge >= 0.3 is 0 Å². The molecule has 0 spiro atoms. The van der Waals surface area contributed by atoms with Crippen LogP contribution in [0.3, 0.4) is 0 Å². The van der Waals surface area contributed by atoms with Crippen LogP contribution in [0.15, 0.2) is 36.4 Å². The number of rotatable bonds is 11. The van der Waals surface area contributed by atoms with Crippen LogP contribution in [0.5, 0.6) is 0 Å².